The molecular weight excluding hydrogens is 341 g/mol. The topological polar surface area (TPSA) is 71.5 Å². The van der Waals surface area contributed by atoms with Crippen molar-refractivity contribution in [3.05, 3.63) is 10.6 Å². The quantitative estimate of drug-likeness (QED) is 0.767. The van der Waals surface area contributed by atoms with Gasteiger partial charge in [0.05, 0.1) is 12.1 Å². The number of hydrogen-bond donors (Lipinski definition) is 0. The van der Waals surface area contributed by atoms with E-state index in [1.807, 2.05) is 30.6 Å². The van der Waals surface area contributed by atoms with Crippen LogP contribution in [0.3, 0.4) is 0 Å². The fraction of sp³-hybridized carbons (Fsp3) is 0.714. The van der Waals surface area contributed by atoms with Crippen molar-refractivity contribution >= 4 is 35.2 Å². The molecule has 2 atom stereocenters. The standard InChI is InChI=1S/C14H19Cl2N5O2/c1-14(2,3)23-13(22)21-8-4-5-9(21)7-20(6-8)12-18-10(15)17-11(16)19-12/h8-9H,4-7H2,1-3H3/t8-,9+. The Hall–Kier alpha value is -1.34. The van der Waals surface area contributed by atoms with Gasteiger partial charge in [-0.25, -0.2) is 4.79 Å². The Labute approximate surface area is 144 Å². The number of carbonyl (C=O) groups is 1. The molecule has 2 aliphatic heterocycles. The third-order valence-corrected chi connectivity index (χ3v) is 4.28. The Morgan fingerprint density at radius 2 is 1.61 bits per heavy atom. The number of rotatable bonds is 1. The molecular formula is C14H19Cl2N5O2. The van der Waals surface area contributed by atoms with Crippen molar-refractivity contribution in [1.82, 2.24) is 19.9 Å². The molecule has 2 saturated heterocycles. The van der Waals surface area contributed by atoms with Gasteiger partial charge < -0.3 is 9.64 Å². The summed E-state index contributed by atoms with van der Waals surface area (Å²) in [7, 11) is 0. The number of carbonyl (C=O) groups excluding carboxylic acids is 1. The summed E-state index contributed by atoms with van der Waals surface area (Å²) in [5.74, 6) is 0.454. The number of amides is 1. The molecule has 1 aromatic heterocycles. The van der Waals surface area contributed by atoms with Crippen LogP contribution in [0.2, 0.25) is 10.6 Å². The minimum Gasteiger partial charge on any atom is -0.444 e. The van der Waals surface area contributed by atoms with Crippen molar-refractivity contribution in [2.75, 3.05) is 18.0 Å². The Morgan fingerprint density at radius 1 is 1.09 bits per heavy atom. The average Bonchev–Trinajstić information content (AvgIpc) is 2.66. The fourth-order valence-corrected chi connectivity index (χ4v) is 3.49. The van der Waals surface area contributed by atoms with Crippen LogP contribution >= 0.6 is 23.2 Å². The van der Waals surface area contributed by atoms with E-state index in [0.29, 0.717) is 19.0 Å². The molecule has 3 rings (SSSR count). The van der Waals surface area contributed by atoms with Crippen LogP contribution < -0.4 is 4.90 Å². The van der Waals surface area contributed by atoms with Crippen molar-refractivity contribution in [2.24, 2.45) is 0 Å². The number of fused-ring (bicyclic) bond motifs is 2. The molecule has 0 unspecified atom stereocenters. The van der Waals surface area contributed by atoms with Crippen molar-refractivity contribution in [3.8, 4) is 0 Å². The molecule has 126 valence electrons. The maximum atomic E-state index is 12.4. The monoisotopic (exact) mass is 359 g/mol. The molecule has 9 heteroatoms. The lowest BCUT2D eigenvalue weighted by atomic mass is 10.2. The van der Waals surface area contributed by atoms with Gasteiger partial charge in [0, 0.05) is 13.1 Å². The Kier molecular flexibility index (Phi) is 4.27. The molecule has 1 amide bonds. The van der Waals surface area contributed by atoms with Gasteiger partial charge in [-0.3, -0.25) is 4.90 Å². The molecule has 0 saturated carbocycles. The summed E-state index contributed by atoms with van der Waals surface area (Å²) in [6.07, 6.45) is 1.62. The number of hydrogen-bond acceptors (Lipinski definition) is 6. The third kappa shape index (κ3) is 3.61. The van der Waals surface area contributed by atoms with Crippen LogP contribution in [0.25, 0.3) is 0 Å². The highest BCUT2D eigenvalue weighted by Gasteiger charge is 2.44. The number of nitrogens with zero attached hydrogens (tertiary/aromatic N) is 5. The number of ether oxygens (including phenoxy) is 1. The lowest BCUT2D eigenvalue weighted by Crippen LogP contribution is -2.57. The number of piperazine rings is 1. The number of anilines is 1. The zero-order chi connectivity index (χ0) is 16.8. The van der Waals surface area contributed by atoms with Crippen LogP contribution in [0.4, 0.5) is 10.7 Å². The zero-order valence-electron chi connectivity index (χ0n) is 13.3. The first kappa shape index (κ1) is 16.5. The lowest BCUT2D eigenvalue weighted by molar-refractivity contribution is 0.0122. The maximum Gasteiger partial charge on any atom is 0.410 e. The van der Waals surface area contributed by atoms with E-state index in [9.17, 15) is 4.79 Å². The van der Waals surface area contributed by atoms with Crippen molar-refractivity contribution < 1.29 is 9.53 Å². The van der Waals surface area contributed by atoms with Gasteiger partial charge in [-0.1, -0.05) is 0 Å². The average molecular weight is 360 g/mol. The van der Waals surface area contributed by atoms with E-state index in [-0.39, 0.29) is 28.7 Å². The van der Waals surface area contributed by atoms with Crippen LogP contribution in [0.5, 0.6) is 0 Å². The molecule has 2 bridgehead atoms. The third-order valence-electron chi connectivity index (χ3n) is 3.94. The van der Waals surface area contributed by atoms with Gasteiger partial charge in [-0.15, -0.1) is 0 Å². The summed E-state index contributed by atoms with van der Waals surface area (Å²) < 4.78 is 5.52. The Balaban J connectivity index is 1.75. The molecule has 2 fully saturated rings. The van der Waals surface area contributed by atoms with Crippen LogP contribution in [0.1, 0.15) is 33.6 Å². The highest BCUT2D eigenvalue weighted by Crippen LogP contribution is 2.33. The molecule has 0 aromatic carbocycles. The summed E-state index contributed by atoms with van der Waals surface area (Å²) in [5.41, 5.74) is -0.497. The molecule has 7 nitrogen and oxygen atoms in total. The van der Waals surface area contributed by atoms with E-state index in [2.05, 4.69) is 15.0 Å². The Morgan fingerprint density at radius 3 is 2.09 bits per heavy atom. The minimum absolute atomic E-state index is 0.0712. The van der Waals surface area contributed by atoms with Gasteiger partial charge in [0.15, 0.2) is 0 Å². The highest BCUT2D eigenvalue weighted by atomic mass is 35.5. The summed E-state index contributed by atoms with van der Waals surface area (Å²) in [5, 5.41) is 0.142. The number of halogens is 2. The molecule has 2 aliphatic rings. The van der Waals surface area contributed by atoms with E-state index in [4.69, 9.17) is 27.9 Å². The first-order chi connectivity index (χ1) is 10.7. The van der Waals surface area contributed by atoms with E-state index >= 15 is 0 Å². The first-order valence-electron chi connectivity index (χ1n) is 7.56. The second-order valence-electron chi connectivity index (χ2n) is 6.85. The second kappa shape index (κ2) is 5.94. The minimum atomic E-state index is -0.497. The van der Waals surface area contributed by atoms with E-state index in [1.54, 1.807) is 0 Å². The molecule has 0 aliphatic carbocycles. The lowest BCUT2D eigenvalue weighted by Gasteiger charge is -2.41. The number of aromatic nitrogens is 3. The van der Waals surface area contributed by atoms with E-state index < -0.39 is 5.60 Å². The summed E-state index contributed by atoms with van der Waals surface area (Å²) in [4.78, 5) is 28.3. The van der Waals surface area contributed by atoms with Gasteiger partial charge in [0.2, 0.25) is 16.5 Å². The molecule has 1 aromatic rings. The van der Waals surface area contributed by atoms with Crippen LogP contribution in [0.15, 0.2) is 0 Å². The van der Waals surface area contributed by atoms with E-state index in [0.717, 1.165) is 12.8 Å². The first-order valence-corrected chi connectivity index (χ1v) is 8.32. The van der Waals surface area contributed by atoms with Crippen LogP contribution in [0, 0.1) is 0 Å². The predicted molar refractivity (Wildman–Crippen MR) is 86.9 cm³/mol. The van der Waals surface area contributed by atoms with Gasteiger partial charge in [0.1, 0.15) is 5.60 Å². The van der Waals surface area contributed by atoms with Crippen molar-refractivity contribution in [2.45, 2.75) is 51.3 Å². The maximum absolute atomic E-state index is 12.4. The second-order valence-corrected chi connectivity index (χ2v) is 7.53. The van der Waals surface area contributed by atoms with Gasteiger partial charge in [-0.05, 0) is 56.8 Å². The van der Waals surface area contributed by atoms with Crippen LogP contribution in [-0.4, -0.2) is 56.7 Å². The fourth-order valence-electron chi connectivity index (χ4n) is 3.14. The SMILES string of the molecule is CC(C)(C)OC(=O)N1[C@@H]2CC[C@H]1CN(c1nc(Cl)nc(Cl)n1)C2. The van der Waals surface area contributed by atoms with Crippen molar-refractivity contribution in [3.63, 3.8) is 0 Å². The van der Waals surface area contributed by atoms with Crippen molar-refractivity contribution in [1.29, 1.82) is 0 Å². The highest BCUT2D eigenvalue weighted by molar-refractivity contribution is 6.31. The van der Waals surface area contributed by atoms with E-state index in [1.165, 1.54) is 0 Å². The summed E-state index contributed by atoms with van der Waals surface area (Å²) in [6.45, 7) is 6.88. The smallest absolute Gasteiger partial charge is 0.410 e. The summed E-state index contributed by atoms with van der Waals surface area (Å²) >= 11 is 11.7. The molecule has 3 heterocycles. The zero-order valence-corrected chi connectivity index (χ0v) is 14.8. The van der Waals surface area contributed by atoms with Gasteiger partial charge in [0.25, 0.3) is 0 Å². The van der Waals surface area contributed by atoms with Crippen LogP contribution in [-0.2, 0) is 4.74 Å². The normalized spacial score (nSPS) is 24.0. The summed E-state index contributed by atoms with van der Waals surface area (Å²) in [6, 6.07) is 0.163. The molecule has 0 spiro atoms. The molecule has 23 heavy (non-hydrogen) atoms. The van der Waals surface area contributed by atoms with Gasteiger partial charge >= 0.3 is 6.09 Å². The molecule has 0 N–H and O–H groups in total. The predicted octanol–water partition coefficient (Wildman–Crippen LogP) is 2.77. The largest absolute Gasteiger partial charge is 0.444 e. The Bertz CT molecular complexity index is 587. The molecule has 0 radical (unpaired) electrons. The van der Waals surface area contributed by atoms with Gasteiger partial charge in [-0.2, -0.15) is 15.0 Å².